The van der Waals surface area contributed by atoms with Crippen LogP contribution in [0.15, 0.2) is 35.1 Å². The summed E-state index contributed by atoms with van der Waals surface area (Å²) >= 11 is 5.72. The van der Waals surface area contributed by atoms with Crippen molar-refractivity contribution >= 4 is 11.6 Å². The third-order valence-corrected chi connectivity index (χ3v) is 2.86. The van der Waals surface area contributed by atoms with Gasteiger partial charge in [0.1, 0.15) is 16.7 Å². The zero-order valence-electron chi connectivity index (χ0n) is 10.2. The molecular weight excluding hydrogens is 252 g/mol. The molecule has 2 aromatic rings. The second-order valence-electron chi connectivity index (χ2n) is 3.90. The molecule has 4 nitrogen and oxygen atoms in total. The van der Waals surface area contributed by atoms with E-state index in [1.807, 2.05) is 24.3 Å². The number of benzene rings is 1. The van der Waals surface area contributed by atoms with E-state index in [0.29, 0.717) is 12.4 Å². The molecule has 0 saturated carbocycles. The summed E-state index contributed by atoms with van der Waals surface area (Å²) in [6.07, 6.45) is 0. The molecule has 0 unspecified atom stereocenters. The van der Waals surface area contributed by atoms with Crippen LogP contribution in [-0.4, -0.2) is 16.7 Å². The molecule has 0 spiro atoms. The largest absolute Gasteiger partial charge is 0.497 e. The number of rotatable bonds is 3. The summed E-state index contributed by atoms with van der Waals surface area (Å²) in [5, 5.41) is 0.225. The third kappa shape index (κ3) is 2.71. The number of methoxy groups -OCH3 is 1. The summed E-state index contributed by atoms with van der Waals surface area (Å²) in [4.78, 5) is 15.9. The molecule has 0 N–H and O–H groups in total. The van der Waals surface area contributed by atoms with E-state index in [2.05, 4.69) is 4.98 Å². The van der Waals surface area contributed by atoms with Crippen molar-refractivity contribution in [3.8, 4) is 5.75 Å². The topological polar surface area (TPSA) is 44.1 Å². The summed E-state index contributed by atoms with van der Waals surface area (Å²) in [5.74, 6) is 1.39. The van der Waals surface area contributed by atoms with Crippen LogP contribution < -0.4 is 10.3 Å². The molecule has 1 aromatic carbocycles. The minimum atomic E-state index is -0.150. The average Bonchev–Trinajstić information content (AvgIpc) is 2.34. The number of ether oxygens (including phenoxy) is 1. The first-order valence-electron chi connectivity index (χ1n) is 5.47. The van der Waals surface area contributed by atoms with Crippen molar-refractivity contribution in [1.29, 1.82) is 0 Å². The Balaban J connectivity index is 2.31. The van der Waals surface area contributed by atoms with Crippen LogP contribution in [0.5, 0.6) is 5.75 Å². The van der Waals surface area contributed by atoms with Crippen LogP contribution in [0, 0.1) is 6.92 Å². The lowest BCUT2D eigenvalue weighted by Crippen LogP contribution is -2.23. The quantitative estimate of drug-likeness (QED) is 0.799. The van der Waals surface area contributed by atoms with Crippen LogP contribution in [0.3, 0.4) is 0 Å². The Morgan fingerprint density at radius 2 is 2.00 bits per heavy atom. The maximum atomic E-state index is 11.8. The molecule has 18 heavy (non-hydrogen) atoms. The molecule has 0 amide bonds. The highest BCUT2D eigenvalue weighted by Crippen LogP contribution is 2.12. The number of aryl methyl sites for hydroxylation is 1. The molecule has 0 aliphatic carbocycles. The summed E-state index contributed by atoms with van der Waals surface area (Å²) < 4.78 is 6.66. The van der Waals surface area contributed by atoms with Crippen molar-refractivity contribution in [2.75, 3.05) is 7.11 Å². The lowest BCUT2D eigenvalue weighted by molar-refractivity contribution is 0.414. The number of aromatic nitrogens is 2. The van der Waals surface area contributed by atoms with E-state index in [1.54, 1.807) is 18.6 Å². The predicted octanol–water partition coefficient (Wildman–Crippen LogP) is 2.26. The van der Waals surface area contributed by atoms with Crippen molar-refractivity contribution in [2.45, 2.75) is 13.5 Å². The summed E-state index contributed by atoms with van der Waals surface area (Å²) in [5.41, 5.74) is 0.855. The maximum Gasteiger partial charge on any atom is 0.255 e. The predicted molar refractivity (Wildman–Crippen MR) is 70.3 cm³/mol. The Hall–Kier alpha value is -1.81. The van der Waals surface area contributed by atoms with E-state index >= 15 is 0 Å². The van der Waals surface area contributed by atoms with Gasteiger partial charge in [-0.15, -0.1) is 0 Å². The second kappa shape index (κ2) is 5.23. The van der Waals surface area contributed by atoms with Crippen LogP contribution in [0.2, 0.25) is 5.15 Å². The molecule has 1 aromatic heterocycles. The smallest absolute Gasteiger partial charge is 0.255 e. The van der Waals surface area contributed by atoms with Gasteiger partial charge in [-0.25, -0.2) is 4.98 Å². The highest BCUT2D eigenvalue weighted by Gasteiger charge is 2.04. The van der Waals surface area contributed by atoms with Gasteiger partial charge in [-0.3, -0.25) is 9.36 Å². The van der Waals surface area contributed by atoms with Crippen LogP contribution in [0.25, 0.3) is 0 Å². The van der Waals surface area contributed by atoms with Crippen LogP contribution >= 0.6 is 11.6 Å². The third-order valence-electron chi connectivity index (χ3n) is 2.67. The van der Waals surface area contributed by atoms with Gasteiger partial charge in [0.15, 0.2) is 0 Å². The van der Waals surface area contributed by atoms with Gasteiger partial charge in [0.05, 0.1) is 13.7 Å². The molecule has 0 aliphatic heterocycles. The van der Waals surface area contributed by atoms with Crippen molar-refractivity contribution in [3.05, 3.63) is 57.2 Å². The van der Waals surface area contributed by atoms with Gasteiger partial charge in [0.2, 0.25) is 0 Å². The second-order valence-corrected chi connectivity index (χ2v) is 4.29. The molecule has 94 valence electrons. The Bertz CT molecular complexity index is 605. The van der Waals surface area contributed by atoms with E-state index < -0.39 is 0 Å². The van der Waals surface area contributed by atoms with Crippen molar-refractivity contribution in [3.63, 3.8) is 0 Å². The first kappa shape index (κ1) is 12.6. The molecule has 1 heterocycles. The van der Waals surface area contributed by atoms with Crippen molar-refractivity contribution < 1.29 is 4.74 Å². The molecule has 0 fully saturated rings. The lowest BCUT2D eigenvalue weighted by atomic mass is 10.2. The van der Waals surface area contributed by atoms with E-state index in [0.717, 1.165) is 11.3 Å². The average molecular weight is 265 g/mol. The van der Waals surface area contributed by atoms with Gasteiger partial charge in [-0.1, -0.05) is 23.7 Å². The first-order valence-corrected chi connectivity index (χ1v) is 5.85. The standard InChI is InChI=1S/C13H13ClN2O2/c1-9-15-12(14)7-13(17)16(9)8-10-3-5-11(18-2)6-4-10/h3-7H,8H2,1-2H3. The Morgan fingerprint density at radius 1 is 1.33 bits per heavy atom. The van der Waals surface area contributed by atoms with Gasteiger partial charge in [0.25, 0.3) is 5.56 Å². The van der Waals surface area contributed by atoms with Crippen LogP contribution in [0.4, 0.5) is 0 Å². The fourth-order valence-corrected chi connectivity index (χ4v) is 1.91. The van der Waals surface area contributed by atoms with Gasteiger partial charge >= 0.3 is 0 Å². The molecule has 0 atom stereocenters. The lowest BCUT2D eigenvalue weighted by Gasteiger charge is -2.09. The highest BCUT2D eigenvalue weighted by atomic mass is 35.5. The SMILES string of the molecule is COc1ccc(Cn2c(C)nc(Cl)cc2=O)cc1. The molecule has 2 rings (SSSR count). The normalized spacial score (nSPS) is 10.4. The Kier molecular flexibility index (Phi) is 3.67. The highest BCUT2D eigenvalue weighted by molar-refractivity contribution is 6.29. The van der Waals surface area contributed by atoms with E-state index in [1.165, 1.54) is 6.07 Å². The summed E-state index contributed by atoms with van der Waals surface area (Å²) in [6, 6.07) is 8.87. The van der Waals surface area contributed by atoms with Crippen LogP contribution in [0.1, 0.15) is 11.4 Å². The molecule has 0 aliphatic rings. The number of hydrogen-bond acceptors (Lipinski definition) is 3. The molecule has 5 heteroatoms. The Morgan fingerprint density at radius 3 is 2.56 bits per heavy atom. The molecular formula is C13H13ClN2O2. The van der Waals surface area contributed by atoms with Gasteiger partial charge in [-0.05, 0) is 24.6 Å². The monoisotopic (exact) mass is 264 g/mol. The minimum Gasteiger partial charge on any atom is -0.497 e. The van der Waals surface area contributed by atoms with Crippen molar-refractivity contribution in [2.24, 2.45) is 0 Å². The first-order chi connectivity index (χ1) is 8.60. The van der Waals surface area contributed by atoms with E-state index in [-0.39, 0.29) is 10.7 Å². The zero-order chi connectivity index (χ0) is 13.1. The molecule has 0 saturated heterocycles. The molecule has 0 bridgehead atoms. The van der Waals surface area contributed by atoms with E-state index in [4.69, 9.17) is 16.3 Å². The fourth-order valence-electron chi connectivity index (χ4n) is 1.69. The minimum absolute atomic E-state index is 0.150. The van der Waals surface area contributed by atoms with Gasteiger partial charge in [0, 0.05) is 6.07 Å². The van der Waals surface area contributed by atoms with E-state index in [9.17, 15) is 4.79 Å². The van der Waals surface area contributed by atoms with Gasteiger partial charge < -0.3 is 4.74 Å². The number of hydrogen-bond donors (Lipinski definition) is 0. The zero-order valence-corrected chi connectivity index (χ0v) is 10.9. The van der Waals surface area contributed by atoms with Crippen molar-refractivity contribution in [1.82, 2.24) is 9.55 Å². The fraction of sp³-hybridized carbons (Fsp3) is 0.231. The summed E-state index contributed by atoms with van der Waals surface area (Å²) in [6.45, 7) is 2.23. The number of nitrogens with zero attached hydrogens (tertiary/aromatic N) is 2. The summed E-state index contributed by atoms with van der Waals surface area (Å²) in [7, 11) is 1.62. The molecule has 0 radical (unpaired) electrons. The van der Waals surface area contributed by atoms with Crippen LogP contribution in [-0.2, 0) is 6.54 Å². The number of halogens is 1. The van der Waals surface area contributed by atoms with Gasteiger partial charge in [-0.2, -0.15) is 0 Å². The Labute approximate surface area is 110 Å². The maximum absolute atomic E-state index is 11.8.